The molecule has 0 atom stereocenters. The zero-order valence-electron chi connectivity index (χ0n) is 11.2. The summed E-state index contributed by atoms with van der Waals surface area (Å²) >= 11 is 1.60. The molecule has 1 amide bonds. The Morgan fingerprint density at radius 3 is 2.80 bits per heavy atom. The third kappa shape index (κ3) is 4.27. The molecule has 0 radical (unpaired) electrons. The van der Waals surface area contributed by atoms with Crippen LogP contribution in [0.25, 0.3) is 0 Å². The summed E-state index contributed by atoms with van der Waals surface area (Å²) in [6.07, 6.45) is 2.93. The van der Waals surface area contributed by atoms with Crippen molar-refractivity contribution in [3.63, 3.8) is 0 Å². The minimum Gasteiger partial charge on any atom is -0.399 e. The second kappa shape index (κ2) is 6.95. The Morgan fingerprint density at radius 1 is 1.40 bits per heavy atom. The van der Waals surface area contributed by atoms with Gasteiger partial charge in [-0.2, -0.15) is 0 Å². The van der Waals surface area contributed by atoms with Gasteiger partial charge in [-0.25, -0.2) is 0 Å². The third-order valence-electron chi connectivity index (χ3n) is 2.64. The molecule has 0 spiro atoms. The quantitative estimate of drug-likeness (QED) is 0.482. The predicted molar refractivity (Wildman–Crippen MR) is 80.4 cm³/mol. The minimum absolute atomic E-state index is 0.00772. The Labute approximate surface area is 121 Å². The molecule has 0 fully saturated rings. The molecule has 1 aromatic carbocycles. The van der Waals surface area contributed by atoms with Crippen molar-refractivity contribution >= 4 is 29.0 Å². The van der Waals surface area contributed by atoms with Crippen LogP contribution in [-0.2, 0) is 11.8 Å². The number of thioether (sulfide) groups is 1. The number of hydrogen-bond acceptors (Lipinski definition) is 5. The summed E-state index contributed by atoms with van der Waals surface area (Å²) < 4.78 is 1.86. The van der Waals surface area contributed by atoms with E-state index in [0.29, 0.717) is 12.1 Å². The van der Waals surface area contributed by atoms with Crippen LogP contribution in [-0.4, -0.2) is 26.4 Å². The lowest BCUT2D eigenvalue weighted by molar-refractivity contribution is -0.116. The summed E-state index contributed by atoms with van der Waals surface area (Å²) in [5.41, 5.74) is 7.04. The van der Waals surface area contributed by atoms with Crippen LogP contribution in [0.5, 0.6) is 0 Å². The van der Waals surface area contributed by atoms with Gasteiger partial charge < -0.3 is 15.6 Å². The monoisotopic (exact) mass is 291 g/mol. The van der Waals surface area contributed by atoms with E-state index >= 15 is 0 Å². The first-order chi connectivity index (χ1) is 9.65. The largest absolute Gasteiger partial charge is 0.399 e. The second-order valence-corrected chi connectivity index (χ2v) is 5.41. The molecule has 0 bridgehead atoms. The van der Waals surface area contributed by atoms with E-state index < -0.39 is 0 Å². The van der Waals surface area contributed by atoms with Gasteiger partial charge in [0, 0.05) is 30.6 Å². The van der Waals surface area contributed by atoms with Gasteiger partial charge in [0.1, 0.15) is 6.33 Å². The molecule has 106 valence electrons. The fourth-order valence-corrected chi connectivity index (χ4v) is 2.42. The fraction of sp³-hybridized carbons (Fsp3) is 0.308. The van der Waals surface area contributed by atoms with Crippen molar-refractivity contribution in [1.29, 1.82) is 0 Å². The molecule has 0 aliphatic heterocycles. The average molecular weight is 291 g/mol. The van der Waals surface area contributed by atoms with E-state index in [2.05, 4.69) is 15.5 Å². The van der Waals surface area contributed by atoms with Gasteiger partial charge in [0.2, 0.25) is 5.91 Å². The number of aryl methyl sites for hydroxylation is 1. The molecule has 1 heterocycles. The molecule has 0 aliphatic rings. The number of anilines is 2. The van der Waals surface area contributed by atoms with Gasteiger partial charge in [0.25, 0.3) is 0 Å². The van der Waals surface area contributed by atoms with Crippen LogP contribution in [0.3, 0.4) is 0 Å². The highest BCUT2D eigenvalue weighted by molar-refractivity contribution is 7.99. The van der Waals surface area contributed by atoms with E-state index in [1.54, 1.807) is 42.4 Å². The number of amides is 1. The summed E-state index contributed by atoms with van der Waals surface area (Å²) in [6.45, 7) is 0. The zero-order chi connectivity index (χ0) is 14.4. The van der Waals surface area contributed by atoms with Crippen molar-refractivity contribution in [3.05, 3.63) is 30.6 Å². The number of hydrogen-bond donors (Lipinski definition) is 2. The minimum atomic E-state index is 0.00772. The Kier molecular flexibility index (Phi) is 5.00. The molecule has 0 saturated heterocycles. The van der Waals surface area contributed by atoms with Crippen LogP contribution in [0.1, 0.15) is 12.8 Å². The van der Waals surface area contributed by atoms with E-state index in [9.17, 15) is 4.79 Å². The molecule has 1 aromatic heterocycles. The number of aromatic nitrogens is 3. The first kappa shape index (κ1) is 14.4. The second-order valence-electron chi connectivity index (χ2n) is 4.35. The molecule has 2 aromatic rings. The van der Waals surface area contributed by atoms with Crippen LogP contribution in [0.2, 0.25) is 0 Å². The summed E-state index contributed by atoms with van der Waals surface area (Å²) in [5, 5.41) is 11.5. The molecule has 6 nitrogen and oxygen atoms in total. The summed E-state index contributed by atoms with van der Waals surface area (Å²) in [6, 6.07) is 7.11. The van der Waals surface area contributed by atoms with Gasteiger partial charge in [-0.1, -0.05) is 11.8 Å². The molecular formula is C13H17N5OS. The maximum atomic E-state index is 11.7. The number of nitrogens with one attached hydrogen (secondary N) is 1. The lowest BCUT2D eigenvalue weighted by Gasteiger charge is -2.05. The van der Waals surface area contributed by atoms with Gasteiger partial charge >= 0.3 is 0 Å². The standard InChI is InChI=1S/C13H17N5OS/c1-18-9-15-17-13(18)20-8-2-3-12(19)16-11-6-4-10(14)5-7-11/h4-7,9H,2-3,8,14H2,1H3,(H,16,19). The first-order valence-electron chi connectivity index (χ1n) is 6.27. The van der Waals surface area contributed by atoms with Gasteiger partial charge in [-0.05, 0) is 30.7 Å². The summed E-state index contributed by atoms with van der Waals surface area (Å²) in [4.78, 5) is 11.7. The maximum absolute atomic E-state index is 11.7. The molecule has 2 rings (SSSR count). The van der Waals surface area contributed by atoms with E-state index in [1.807, 2.05) is 11.6 Å². The maximum Gasteiger partial charge on any atom is 0.224 e. The molecule has 20 heavy (non-hydrogen) atoms. The van der Waals surface area contributed by atoms with Crippen molar-refractivity contribution in [2.75, 3.05) is 16.8 Å². The Hall–Kier alpha value is -2.02. The highest BCUT2D eigenvalue weighted by Gasteiger charge is 2.04. The number of rotatable bonds is 6. The van der Waals surface area contributed by atoms with Crippen molar-refractivity contribution in [2.45, 2.75) is 18.0 Å². The van der Waals surface area contributed by atoms with Crippen LogP contribution in [0.15, 0.2) is 35.7 Å². The van der Waals surface area contributed by atoms with Crippen LogP contribution in [0, 0.1) is 0 Å². The van der Waals surface area contributed by atoms with Crippen LogP contribution < -0.4 is 11.1 Å². The zero-order valence-corrected chi connectivity index (χ0v) is 12.1. The lowest BCUT2D eigenvalue weighted by Crippen LogP contribution is -2.11. The molecule has 0 aliphatic carbocycles. The number of carbonyl (C=O) groups is 1. The number of nitrogens with zero attached hydrogens (tertiary/aromatic N) is 3. The molecular weight excluding hydrogens is 274 g/mol. The number of carbonyl (C=O) groups excluding carboxylic acids is 1. The van der Waals surface area contributed by atoms with E-state index in [4.69, 9.17) is 5.73 Å². The van der Waals surface area contributed by atoms with Crippen molar-refractivity contribution in [3.8, 4) is 0 Å². The lowest BCUT2D eigenvalue weighted by atomic mass is 10.2. The average Bonchev–Trinajstić information content (AvgIpc) is 2.83. The molecule has 0 unspecified atom stereocenters. The highest BCUT2D eigenvalue weighted by Crippen LogP contribution is 2.16. The van der Waals surface area contributed by atoms with Gasteiger partial charge in [-0.15, -0.1) is 10.2 Å². The van der Waals surface area contributed by atoms with E-state index in [1.165, 1.54) is 0 Å². The predicted octanol–water partition coefficient (Wildman–Crippen LogP) is 1.91. The fourth-order valence-electron chi connectivity index (χ4n) is 1.59. The Balaban J connectivity index is 1.68. The number of benzene rings is 1. The van der Waals surface area contributed by atoms with Crippen molar-refractivity contribution in [2.24, 2.45) is 7.05 Å². The van der Waals surface area contributed by atoms with Crippen molar-refractivity contribution < 1.29 is 4.79 Å². The molecule has 0 saturated carbocycles. The van der Waals surface area contributed by atoms with Gasteiger partial charge in [0.05, 0.1) is 0 Å². The topological polar surface area (TPSA) is 85.8 Å². The normalized spacial score (nSPS) is 10.4. The van der Waals surface area contributed by atoms with Crippen LogP contribution in [0.4, 0.5) is 11.4 Å². The smallest absolute Gasteiger partial charge is 0.224 e. The molecule has 3 N–H and O–H groups in total. The first-order valence-corrected chi connectivity index (χ1v) is 7.26. The Morgan fingerprint density at radius 2 is 2.15 bits per heavy atom. The highest BCUT2D eigenvalue weighted by atomic mass is 32.2. The number of nitrogens with two attached hydrogens (primary N) is 1. The third-order valence-corrected chi connectivity index (χ3v) is 3.76. The van der Waals surface area contributed by atoms with E-state index in [0.717, 1.165) is 23.0 Å². The summed E-state index contributed by atoms with van der Waals surface area (Å²) in [5.74, 6) is 0.843. The van der Waals surface area contributed by atoms with Gasteiger partial charge in [0.15, 0.2) is 5.16 Å². The van der Waals surface area contributed by atoms with Crippen molar-refractivity contribution in [1.82, 2.24) is 14.8 Å². The SMILES string of the molecule is Cn1cnnc1SCCCC(=O)Nc1ccc(N)cc1. The summed E-state index contributed by atoms with van der Waals surface area (Å²) in [7, 11) is 1.90. The Bertz CT molecular complexity index is 566. The van der Waals surface area contributed by atoms with Crippen LogP contribution >= 0.6 is 11.8 Å². The van der Waals surface area contributed by atoms with E-state index in [-0.39, 0.29) is 5.91 Å². The molecule has 7 heteroatoms. The number of nitrogen functional groups attached to an aromatic ring is 1. The van der Waals surface area contributed by atoms with Gasteiger partial charge in [-0.3, -0.25) is 4.79 Å².